The van der Waals surface area contributed by atoms with Gasteiger partial charge < -0.3 is 20.6 Å². The van der Waals surface area contributed by atoms with Crippen molar-refractivity contribution in [1.29, 1.82) is 0 Å². The molecular weight excluding hydrogens is 226 g/mol. The maximum atomic E-state index is 9.76. The van der Waals surface area contributed by atoms with Crippen LogP contribution in [-0.4, -0.2) is 45.9 Å². The SMILES string of the molecule is C=CN1C=CN(CC)C1.N[C@@H](CS)C(=O)O. The number of carboxylic acid groups (broad SMARTS) is 1. The predicted octanol–water partition coefficient (Wildman–Crippen LogP) is 0.524. The van der Waals surface area contributed by atoms with Gasteiger partial charge in [0.05, 0.1) is 6.67 Å². The van der Waals surface area contributed by atoms with E-state index in [9.17, 15) is 4.79 Å². The van der Waals surface area contributed by atoms with Gasteiger partial charge >= 0.3 is 5.97 Å². The molecule has 0 bridgehead atoms. The van der Waals surface area contributed by atoms with Crippen molar-refractivity contribution in [2.24, 2.45) is 5.73 Å². The molecule has 0 aromatic heterocycles. The van der Waals surface area contributed by atoms with Gasteiger partial charge in [-0.25, -0.2) is 0 Å². The number of nitrogens with zero attached hydrogens (tertiary/aromatic N) is 2. The molecule has 1 aliphatic heterocycles. The molecule has 0 fully saturated rings. The number of carbonyl (C=O) groups is 1. The molecule has 5 nitrogen and oxygen atoms in total. The second-order valence-corrected chi connectivity index (χ2v) is 3.53. The van der Waals surface area contributed by atoms with E-state index in [0.29, 0.717) is 0 Å². The summed E-state index contributed by atoms with van der Waals surface area (Å²) in [4.78, 5) is 14.0. The van der Waals surface area contributed by atoms with Crippen molar-refractivity contribution >= 4 is 18.6 Å². The molecule has 0 aromatic carbocycles. The number of thiol groups is 1. The monoisotopic (exact) mass is 245 g/mol. The van der Waals surface area contributed by atoms with Gasteiger partial charge in [0.25, 0.3) is 0 Å². The van der Waals surface area contributed by atoms with E-state index in [-0.39, 0.29) is 5.75 Å². The minimum Gasteiger partial charge on any atom is -0.480 e. The molecule has 0 aromatic rings. The lowest BCUT2D eigenvalue weighted by Gasteiger charge is -2.15. The van der Waals surface area contributed by atoms with E-state index < -0.39 is 12.0 Å². The van der Waals surface area contributed by atoms with Crippen LogP contribution in [0.15, 0.2) is 25.2 Å². The molecule has 1 heterocycles. The fourth-order valence-corrected chi connectivity index (χ4v) is 1.04. The van der Waals surface area contributed by atoms with Gasteiger partial charge in [-0.3, -0.25) is 4.79 Å². The van der Waals surface area contributed by atoms with E-state index in [4.69, 9.17) is 10.8 Å². The summed E-state index contributed by atoms with van der Waals surface area (Å²) in [5.74, 6) is -0.815. The first-order valence-electron chi connectivity index (χ1n) is 4.95. The molecule has 0 radical (unpaired) electrons. The topological polar surface area (TPSA) is 69.8 Å². The van der Waals surface area contributed by atoms with E-state index in [2.05, 4.69) is 37.2 Å². The van der Waals surface area contributed by atoms with Gasteiger partial charge in [-0.2, -0.15) is 12.6 Å². The Morgan fingerprint density at radius 3 is 2.56 bits per heavy atom. The highest BCUT2D eigenvalue weighted by Gasteiger charge is 2.06. The Hall–Kier alpha value is -1.14. The zero-order valence-corrected chi connectivity index (χ0v) is 10.3. The highest BCUT2D eigenvalue weighted by Crippen LogP contribution is 2.04. The summed E-state index contributed by atoms with van der Waals surface area (Å²) in [6, 6.07) is -0.816. The highest BCUT2D eigenvalue weighted by atomic mass is 32.1. The average molecular weight is 245 g/mol. The standard InChI is InChI=1S/C7H12N2.C3H7NO2S/c1-3-8-5-6-9(4-2)7-8;4-2(1-7)3(5)6/h3,5-6H,1,4,7H2,2H3;2,7H,1,4H2,(H,5,6)/t;2-/m.0/s1. The van der Waals surface area contributed by atoms with Gasteiger partial charge in [0.2, 0.25) is 0 Å². The Kier molecular flexibility index (Phi) is 7.49. The van der Waals surface area contributed by atoms with E-state index >= 15 is 0 Å². The summed E-state index contributed by atoms with van der Waals surface area (Å²) in [6.45, 7) is 7.82. The lowest BCUT2D eigenvalue weighted by atomic mass is 10.4. The summed E-state index contributed by atoms with van der Waals surface area (Å²) in [5.41, 5.74) is 4.94. The molecule has 1 rings (SSSR count). The molecule has 1 aliphatic rings. The number of hydrogen-bond acceptors (Lipinski definition) is 5. The molecule has 1 atom stereocenters. The first kappa shape index (κ1) is 14.9. The van der Waals surface area contributed by atoms with E-state index in [0.717, 1.165) is 13.2 Å². The summed E-state index contributed by atoms with van der Waals surface area (Å²) in [7, 11) is 0. The Morgan fingerprint density at radius 1 is 1.75 bits per heavy atom. The maximum absolute atomic E-state index is 9.76. The molecule has 0 aliphatic carbocycles. The van der Waals surface area contributed by atoms with Crippen LogP contribution >= 0.6 is 12.6 Å². The number of carboxylic acids is 1. The highest BCUT2D eigenvalue weighted by molar-refractivity contribution is 7.80. The van der Waals surface area contributed by atoms with E-state index in [1.54, 1.807) is 0 Å². The van der Waals surface area contributed by atoms with Crippen LogP contribution in [0, 0.1) is 0 Å². The summed E-state index contributed by atoms with van der Waals surface area (Å²) in [5, 5.41) is 8.01. The lowest BCUT2D eigenvalue weighted by molar-refractivity contribution is -0.137. The van der Waals surface area contributed by atoms with Crippen molar-refractivity contribution in [3.05, 3.63) is 25.2 Å². The fraction of sp³-hybridized carbons (Fsp3) is 0.500. The zero-order valence-electron chi connectivity index (χ0n) is 9.41. The van der Waals surface area contributed by atoms with Gasteiger partial charge in [-0.1, -0.05) is 6.58 Å². The van der Waals surface area contributed by atoms with Crippen LogP contribution in [0.5, 0.6) is 0 Å². The summed E-state index contributed by atoms with van der Waals surface area (Å²) >= 11 is 3.65. The second-order valence-electron chi connectivity index (χ2n) is 3.17. The maximum Gasteiger partial charge on any atom is 0.321 e. The molecule has 0 saturated heterocycles. The number of hydrogen-bond donors (Lipinski definition) is 3. The first-order valence-corrected chi connectivity index (χ1v) is 5.58. The Morgan fingerprint density at radius 2 is 2.38 bits per heavy atom. The van der Waals surface area contributed by atoms with Crippen LogP contribution in [-0.2, 0) is 4.79 Å². The van der Waals surface area contributed by atoms with Gasteiger partial charge in [-0.15, -0.1) is 0 Å². The van der Waals surface area contributed by atoms with Crippen molar-refractivity contribution in [3.63, 3.8) is 0 Å². The third kappa shape index (κ3) is 5.67. The van der Waals surface area contributed by atoms with Gasteiger partial charge in [0.1, 0.15) is 6.04 Å². The minimum atomic E-state index is -1.00. The molecule has 6 heteroatoms. The number of rotatable bonds is 4. The van der Waals surface area contributed by atoms with Crippen molar-refractivity contribution in [2.75, 3.05) is 19.0 Å². The van der Waals surface area contributed by atoms with Crippen LogP contribution in [0.2, 0.25) is 0 Å². The number of aliphatic carboxylic acids is 1. The summed E-state index contributed by atoms with van der Waals surface area (Å²) in [6.07, 6.45) is 5.92. The van der Waals surface area contributed by atoms with Crippen molar-refractivity contribution in [2.45, 2.75) is 13.0 Å². The first-order chi connectivity index (χ1) is 7.54. The Bertz CT molecular complexity index is 258. The van der Waals surface area contributed by atoms with Crippen LogP contribution in [0.4, 0.5) is 0 Å². The van der Waals surface area contributed by atoms with Crippen LogP contribution in [0.3, 0.4) is 0 Å². The molecular formula is C10H19N3O2S. The van der Waals surface area contributed by atoms with Crippen molar-refractivity contribution in [3.8, 4) is 0 Å². The van der Waals surface area contributed by atoms with Gasteiger partial charge in [-0.05, 0) is 13.1 Å². The lowest BCUT2D eigenvalue weighted by Crippen LogP contribution is -2.31. The normalized spacial score (nSPS) is 15.4. The summed E-state index contributed by atoms with van der Waals surface area (Å²) < 4.78 is 0. The smallest absolute Gasteiger partial charge is 0.321 e. The molecule has 3 N–H and O–H groups in total. The molecule has 0 saturated carbocycles. The minimum absolute atomic E-state index is 0.190. The van der Waals surface area contributed by atoms with E-state index in [1.165, 1.54) is 0 Å². The second kappa shape index (κ2) is 8.06. The van der Waals surface area contributed by atoms with Crippen molar-refractivity contribution < 1.29 is 9.90 Å². The van der Waals surface area contributed by atoms with Crippen LogP contribution in [0.25, 0.3) is 0 Å². The molecule has 0 amide bonds. The molecule has 16 heavy (non-hydrogen) atoms. The van der Waals surface area contributed by atoms with E-state index in [1.807, 2.05) is 17.3 Å². The van der Waals surface area contributed by atoms with Gasteiger partial charge in [0, 0.05) is 24.7 Å². The quantitative estimate of drug-likeness (QED) is 0.630. The van der Waals surface area contributed by atoms with Crippen LogP contribution in [0.1, 0.15) is 6.92 Å². The van der Waals surface area contributed by atoms with Crippen molar-refractivity contribution in [1.82, 2.24) is 9.80 Å². The fourth-order valence-electron chi connectivity index (χ4n) is 0.886. The number of nitrogens with two attached hydrogens (primary N) is 1. The predicted molar refractivity (Wildman–Crippen MR) is 67.9 cm³/mol. The average Bonchev–Trinajstić information content (AvgIpc) is 2.76. The third-order valence-electron chi connectivity index (χ3n) is 1.97. The third-order valence-corrected chi connectivity index (χ3v) is 2.36. The van der Waals surface area contributed by atoms with Gasteiger partial charge in [0.15, 0.2) is 0 Å². The Labute approximate surface area is 102 Å². The van der Waals surface area contributed by atoms with Crippen LogP contribution < -0.4 is 5.73 Å². The molecule has 0 spiro atoms. The molecule has 92 valence electrons. The molecule has 0 unspecified atom stereocenters. The Balaban J connectivity index is 0.000000293. The zero-order chi connectivity index (χ0) is 12.6. The largest absolute Gasteiger partial charge is 0.480 e.